The van der Waals surface area contributed by atoms with Gasteiger partial charge in [0.05, 0.1) is 0 Å². The molecule has 0 saturated carbocycles. The first kappa shape index (κ1) is 9.42. The summed E-state index contributed by atoms with van der Waals surface area (Å²) in [7, 11) is 0. The monoisotopic (exact) mass is 204 g/mol. The molecule has 1 aromatic carbocycles. The molecule has 0 radical (unpaired) electrons. The Morgan fingerprint density at radius 3 is 2.80 bits per heavy atom. The summed E-state index contributed by atoms with van der Waals surface area (Å²) in [5.41, 5.74) is 1.56. The highest BCUT2D eigenvalue weighted by molar-refractivity contribution is 5.96. The molecule has 2 aromatic rings. The molecule has 0 fully saturated rings. The van der Waals surface area contributed by atoms with E-state index in [1.807, 2.05) is 0 Å². The highest BCUT2D eigenvalue weighted by Gasteiger charge is 2.11. The minimum atomic E-state index is -0.818. The zero-order valence-electron chi connectivity index (χ0n) is 7.65. The van der Waals surface area contributed by atoms with Gasteiger partial charge in [-0.25, -0.2) is 5.48 Å². The number of hydroxylamine groups is 1. The Balaban J connectivity index is 2.76. The Hall–Kier alpha value is -2.14. The molecule has 5 heteroatoms. The average Bonchev–Trinajstić information content (AvgIpc) is 2.29. The number of benzene rings is 1. The van der Waals surface area contributed by atoms with Crippen LogP contribution in [0.5, 0.6) is 0 Å². The summed E-state index contributed by atoms with van der Waals surface area (Å²) in [6.45, 7) is 0. The second-order valence-electron chi connectivity index (χ2n) is 3.02. The van der Waals surface area contributed by atoms with Crippen molar-refractivity contribution in [2.75, 3.05) is 0 Å². The lowest BCUT2D eigenvalue weighted by atomic mass is 10.1. The molecular weight excluding hydrogens is 196 g/mol. The molecular formula is C10H8N2O3. The SMILES string of the molecule is O=C(NO)c1c[nH]c2ccccc2c1=O. The van der Waals surface area contributed by atoms with Crippen LogP contribution in [-0.2, 0) is 0 Å². The zero-order valence-corrected chi connectivity index (χ0v) is 7.65. The number of amides is 1. The van der Waals surface area contributed by atoms with Gasteiger partial charge in [0.2, 0.25) is 5.43 Å². The van der Waals surface area contributed by atoms with Crippen molar-refractivity contribution < 1.29 is 10.0 Å². The number of aromatic nitrogens is 1. The van der Waals surface area contributed by atoms with E-state index in [0.29, 0.717) is 10.9 Å². The first-order chi connectivity index (χ1) is 7.24. The molecule has 0 aliphatic carbocycles. The van der Waals surface area contributed by atoms with Crippen LogP contribution in [0.2, 0.25) is 0 Å². The number of fused-ring (bicyclic) bond motifs is 1. The second-order valence-corrected chi connectivity index (χ2v) is 3.02. The maximum atomic E-state index is 11.7. The summed E-state index contributed by atoms with van der Waals surface area (Å²) in [5, 5.41) is 8.85. The lowest BCUT2D eigenvalue weighted by Crippen LogP contribution is -2.26. The van der Waals surface area contributed by atoms with E-state index < -0.39 is 11.3 Å². The van der Waals surface area contributed by atoms with Crippen LogP contribution in [0, 0.1) is 0 Å². The Morgan fingerprint density at radius 2 is 2.07 bits per heavy atom. The van der Waals surface area contributed by atoms with Gasteiger partial charge in [-0.2, -0.15) is 0 Å². The topological polar surface area (TPSA) is 82.2 Å². The van der Waals surface area contributed by atoms with Crippen molar-refractivity contribution in [3.63, 3.8) is 0 Å². The van der Waals surface area contributed by atoms with Crippen molar-refractivity contribution in [2.45, 2.75) is 0 Å². The van der Waals surface area contributed by atoms with Gasteiger partial charge in [-0.3, -0.25) is 14.8 Å². The van der Waals surface area contributed by atoms with E-state index in [4.69, 9.17) is 5.21 Å². The number of rotatable bonds is 1. The Labute approximate surface area is 84.3 Å². The average molecular weight is 204 g/mol. The zero-order chi connectivity index (χ0) is 10.8. The number of hydrogen-bond acceptors (Lipinski definition) is 3. The number of carbonyl (C=O) groups is 1. The molecule has 1 aromatic heterocycles. The van der Waals surface area contributed by atoms with Gasteiger partial charge >= 0.3 is 0 Å². The molecule has 3 N–H and O–H groups in total. The summed E-state index contributed by atoms with van der Waals surface area (Å²) in [6, 6.07) is 6.84. The van der Waals surface area contributed by atoms with E-state index in [9.17, 15) is 9.59 Å². The fraction of sp³-hybridized carbons (Fsp3) is 0. The molecule has 0 aliphatic heterocycles. The molecule has 0 atom stereocenters. The van der Waals surface area contributed by atoms with Crippen molar-refractivity contribution in [1.29, 1.82) is 0 Å². The van der Waals surface area contributed by atoms with E-state index in [1.165, 1.54) is 11.7 Å². The molecule has 2 rings (SSSR count). The molecule has 76 valence electrons. The van der Waals surface area contributed by atoms with Crippen LogP contribution in [-0.4, -0.2) is 16.1 Å². The minimum absolute atomic E-state index is 0.115. The van der Waals surface area contributed by atoms with Crippen molar-refractivity contribution >= 4 is 16.8 Å². The second kappa shape index (κ2) is 3.55. The largest absolute Gasteiger partial charge is 0.360 e. The summed E-state index contributed by atoms with van der Waals surface area (Å²) in [4.78, 5) is 25.6. The molecule has 0 bridgehead atoms. The number of pyridine rings is 1. The fourth-order valence-electron chi connectivity index (χ4n) is 1.40. The number of nitrogens with one attached hydrogen (secondary N) is 2. The van der Waals surface area contributed by atoms with Gasteiger partial charge in [-0.1, -0.05) is 12.1 Å². The number of para-hydroxylation sites is 1. The fourth-order valence-corrected chi connectivity index (χ4v) is 1.40. The summed E-state index contributed by atoms with van der Waals surface area (Å²) in [6.07, 6.45) is 1.27. The maximum Gasteiger partial charge on any atom is 0.280 e. The lowest BCUT2D eigenvalue weighted by molar-refractivity contribution is 0.0705. The standard InChI is InChI=1S/C10H8N2O3/c13-9-6-3-1-2-4-8(6)11-5-7(9)10(14)12-15/h1-5,15H,(H,11,13)(H,12,14). The summed E-state index contributed by atoms with van der Waals surface area (Å²) < 4.78 is 0. The molecule has 15 heavy (non-hydrogen) atoms. The van der Waals surface area contributed by atoms with E-state index in [-0.39, 0.29) is 5.56 Å². The third-order valence-corrected chi connectivity index (χ3v) is 2.13. The van der Waals surface area contributed by atoms with Gasteiger partial charge in [0.1, 0.15) is 5.56 Å². The molecule has 1 heterocycles. The normalized spacial score (nSPS) is 10.2. The van der Waals surface area contributed by atoms with Gasteiger partial charge in [0, 0.05) is 17.1 Å². The number of aromatic amines is 1. The van der Waals surface area contributed by atoms with Crippen molar-refractivity contribution in [1.82, 2.24) is 10.5 Å². The van der Waals surface area contributed by atoms with Crippen molar-refractivity contribution in [2.24, 2.45) is 0 Å². The van der Waals surface area contributed by atoms with Crippen LogP contribution in [0.15, 0.2) is 35.3 Å². The predicted octanol–water partition coefficient (Wildman–Crippen LogP) is 0.647. The van der Waals surface area contributed by atoms with Crippen LogP contribution < -0.4 is 10.9 Å². The van der Waals surface area contributed by atoms with Crippen LogP contribution in [0.4, 0.5) is 0 Å². The molecule has 5 nitrogen and oxygen atoms in total. The van der Waals surface area contributed by atoms with E-state index in [2.05, 4.69) is 4.98 Å². The molecule has 0 saturated heterocycles. The highest BCUT2D eigenvalue weighted by atomic mass is 16.5. The molecule has 0 aliphatic rings. The Morgan fingerprint density at radius 1 is 1.33 bits per heavy atom. The van der Waals surface area contributed by atoms with Crippen molar-refractivity contribution in [3.05, 3.63) is 46.2 Å². The highest BCUT2D eigenvalue weighted by Crippen LogP contribution is 2.06. The Bertz CT molecular complexity index is 574. The third-order valence-electron chi connectivity index (χ3n) is 2.13. The predicted molar refractivity (Wildman–Crippen MR) is 53.8 cm³/mol. The smallest absolute Gasteiger partial charge is 0.280 e. The number of hydrogen-bond donors (Lipinski definition) is 3. The van der Waals surface area contributed by atoms with E-state index >= 15 is 0 Å². The summed E-state index contributed by atoms with van der Waals surface area (Å²) in [5.74, 6) is -0.818. The van der Waals surface area contributed by atoms with Gasteiger partial charge in [-0.05, 0) is 12.1 Å². The lowest BCUT2D eigenvalue weighted by Gasteiger charge is -2.00. The number of carbonyl (C=O) groups excluding carboxylic acids is 1. The van der Waals surface area contributed by atoms with Crippen molar-refractivity contribution in [3.8, 4) is 0 Å². The Kier molecular flexibility index (Phi) is 2.23. The van der Waals surface area contributed by atoms with Crippen LogP contribution in [0.25, 0.3) is 10.9 Å². The van der Waals surface area contributed by atoms with Gasteiger partial charge in [0.15, 0.2) is 0 Å². The molecule has 0 spiro atoms. The molecule has 1 amide bonds. The van der Waals surface area contributed by atoms with Gasteiger partial charge in [0.25, 0.3) is 5.91 Å². The van der Waals surface area contributed by atoms with Gasteiger partial charge < -0.3 is 4.98 Å². The number of H-pyrrole nitrogens is 1. The summed E-state index contributed by atoms with van der Waals surface area (Å²) >= 11 is 0. The quantitative estimate of drug-likeness (QED) is 0.471. The molecule has 0 unspecified atom stereocenters. The minimum Gasteiger partial charge on any atom is -0.360 e. The first-order valence-corrected chi connectivity index (χ1v) is 4.29. The maximum absolute atomic E-state index is 11.7. The van der Waals surface area contributed by atoms with Crippen LogP contribution in [0.3, 0.4) is 0 Å². The van der Waals surface area contributed by atoms with E-state index in [0.717, 1.165) is 0 Å². The first-order valence-electron chi connectivity index (χ1n) is 4.29. The van der Waals surface area contributed by atoms with E-state index in [1.54, 1.807) is 24.3 Å². The third kappa shape index (κ3) is 1.49. The van der Waals surface area contributed by atoms with Gasteiger partial charge in [-0.15, -0.1) is 0 Å². The van der Waals surface area contributed by atoms with Crippen LogP contribution >= 0.6 is 0 Å². The van der Waals surface area contributed by atoms with Crippen LogP contribution in [0.1, 0.15) is 10.4 Å².